The van der Waals surface area contributed by atoms with Crippen LogP contribution in [0.25, 0.3) is 0 Å². The Kier molecular flexibility index (Phi) is 10.4. The van der Waals surface area contributed by atoms with Crippen LogP contribution in [0.4, 0.5) is 13.2 Å². The molecule has 0 atom stereocenters. The first-order valence-corrected chi connectivity index (χ1v) is 9.39. The van der Waals surface area contributed by atoms with Gasteiger partial charge in [0.05, 0.1) is 17.9 Å². The molecule has 0 heterocycles. The molecule has 0 spiro atoms. The molecule has 0 fully saturated rings. The largest absolute Gasteiger partial charge is 0.416 e. The zero-order valence-electron chi connectivity index (χ0n) is 14.1. The van der Waals surface area contributed by atoms with Gasteiger partial charge >= 0.3 is 6.18 Å². The maximum Gasteiger partial charge on any atom is 0.416 e. The molecule has 5 nitrogen and oxygen atoms in total. The Labute approximate surface area is 163 Å². The minimum absolute atomic E-state index is 0. The number of alkyl halides is 3. The van der Waals surface area contributed by atoms with Crippen LogP contribution in [-0.4, -0.2) is 39.0 Å². The number of nitrogens with zero attached hydrogens (tertiary/aromatic N) is 1. The van der Waals surface area contributed by atoms with E-state index < -0.39 is 21.6 Å². The van der Waals surface area contributed by atoms with E-state index in [2.05, 4.69) is 15.6 Å². The first-order valence-electron chi connectivity index (χ1n) is 7.56. The predicted molar refractivity (Wildman–Crippen MR) is 104 cm³/mol. The van der Waals surface area contributed by atoms with Gasteiger partial charge in [0.2, 0.25) is 0 Å². The van der Waals surface area contributed by atoms with E-state index in [0.29, 0.717) is 18.1 Å². The SMILES string of the molecule is CCNC(=NCc1ccc(C(F)(F)F)cc1)NCCS(=O)(=O)CC.I. The van der Waals surface area contributed by atoms with Crippen LogP contribution in [0.2, 0.25) is 0 Å². The molecule has 0 amide bonds. The summed E-state index contributed by atoms with van der Waals surface area (Å²) in [5.74, 6) is 0.492. The third-order valence-corrected chi connectivity index (χ3v) is 4.90. The van der Waals surface area contributed by atoms with Crippen LogP contribution in [0.3, 0.4) is 0 Å². The number of hydrogen-bond acceptors (Lipinski definition) is 3. The van der Waals surface area contributed by atoms with Gasteiger partial charge in [-0.1, -0.05) is 19.1 Å². The topological polar surface area (TPSA) is 70.6 Å². The zero-order chi connectivity index (χ0) is 18.2. The smallest absolute Gasteiger partial charge is 0.357 e. The molecule has 0 bridgehead atoms. The van der Waals surface area contributed by atoms with Gasteiger partial charge in [-0.3, -0.25) is 0 Å². The summed E-state index contributed by atoms with van der Waals surface area (Å²) in [5, 5.41) is 5.85. The second-order valence-corrected chi connectivity index (χ2v) is 7.53. The highest BCUT2D eigenvalue weighted by Crippen LogP contribution is 2.29. The number of aliphatic imine (C=N–C) groups is 1. The Morgan fingerprint density at radius 1 is 1.12 bits per heavy atom. The Balaban J connectivity index is 0.00000576. The Hall–Kier alpha value is -1.04. The third kappa shape index (κ3) is 9.28. The molecule has 1 aromatic carbocycles. The lowest BCUT2D eigenvalue weighted by Crippen LogP contribution is -2.39. The van der Waals surface area contributed by atoms with Crippen molar-refractivity contribution in [3.05, 3.63) is 35.4 Å². The lowest BCUT2D eigenvalue weighted by molar-refractivity contribution is -0.137. The van der Waals surface area contributed by atoms with Crippen LogP contribution in [0.5, 0.6) is 0 Å². The molecule has 25 heavy (non-hydrogen) atoms. The van der Waals surface area contributed by atoms with E-state index in [1.165, 1.54) is 12.1 Å². The van der Waals surface area contributed by atoms with Crippen LogP contribution in [-0.2, 0) is 22.6 Å². The number of sulfone groups is 1. The van der Waals surface area contributed by atoms with Crippen molar-refractivity contribution < 1.29 is 21.6 Å². The van der Waals surface area contributed by atoms with Crippen molar-refractivity contribution in [2.45, 2.75) is 26.6 Å². The molecule has 0 aliphatic heterocycles. The zero-order valence-corrected chi connectivity index (χ0v) is 17.2. The monoisotopic (exact) mass is 493 g/mol. The normalized spacial score (nSPS) is 12.4. The van der Waals surface area contributed by atoms with Gasteiger partial charge in [0.25, 0.3) is 0 Å². The minimum Gasteiger partial charge on any atom is -0.357 e. The first kappa shape index (κ1) is 24.0. The van der Waals surface area contributed by atoms with E-state index in [0.717, 1.165) is 12.1 Å². The second-order valence-electron chi connectivity index (χ2n) is 5.05. The van der Waals surface area contributed by atoms with Crippen LogP contribution in [0, 0.1) is 0 Å². The second kappa shape index (κ2) is 10.8. The van der Waals surface area contributed by atoms with Gasteiger partial charge in [0.15, 0.2) is 15.8 Å². The molecule has 0 unspecified atom stereocenters. The molecule has 0 aromatic heterocycles. The van der Waals surface area contributed by atoms with Gasteiger partial charge in [-0.2, -0.15) is 13.2 Å². The van der Waals surface area contributed by atoms with Gasteiger partial charge < -0.3 is 10.6 Å². The molecule has 0 saturated carbocycles. The van der Waals surface area contributed by atoms with E-state index in [1.54, 1.807) is 6.92 Å². The number of benzene rings is 1. The molecule has 0 saturated heterocycles. The Bertz CT molecular complexity index is 647. The molecule has 2 N–H and O–H groups in total. The average molecular weight is 493 g/mol. The fourth-order valence-electron chi connectivity index (χ4n) is 1.78. The predicted octanol–water partition coefficient (Wildman–Crippen LogP) is 2.81. The molecule has 0 aliphatic carbocycles. The van der Waals surface area contributed by atoms with Gasteiger partial charge in [-0.15, -0.1) is 24.0 Å². The molecular formula is C15H23F3IN3O2S. The van der Waals surface area contributed by atoms with E-state index >= 15 is 0 Å². The third-order valence-electron chi connectivity index (χ3n) is 3.19. The number of rotatable bonds is 7. The molecule has 0 aliphatic rings. The van der Waals surface area contributed by atoms with Crippen molar-refractivity contribution in [1.82, 2.24) is 10.6 Å². The summed E-state index contributed by atoms with van der Waals surface area (Å²) in [5.41, 5.74) is -0.0774. The van der Waals surface area contributed by atoms with Gasteiger partial charge in [-0.05, 0) is 24.6 Å². The molecule has 1 aromatic rings. The first-order chi connectivity index (χ1) is 11.2. The average Bonchev–Trinajstić information content (AvgIpc) is 2.52. The van der Waals surface area contributed by atoms with Crippen LogP contribution in [0.15, 0.2) is 29.3 Å². The summed E-state index contributed by atoms with van der Waals surface area (Å²) < 4.78 is 60.4. The molecule has 0 radical (unpaired) electrons. The molecule has 1 rings (SSSR count). The summed E-state index contributed by atoms with van der Waals surface area (Å²) in [6, 6.07) is 4.77. The number of guanidine groups is 1. The lowest BCUT2D eigenvalue weighted by atomic mass is 10.1. The maximum absolute atomic E-state index is 12.5. The van der Waals surface area contributed by atoms with E-state index in [9.17, 15) is 21.6 Å². The number of hydrogen-bond donors (Lipinski definition) is 2. The van der Waals surface area contributed by atoms with E-state index in [4.69, 9.17) is 0 Å². The number of halogens is 4. The number of nitrogens with one attached hydrogen (secondary N) is 2. The highest BCUT2D eigenvalue weighted by atomic mass is 127. The van der Waals surface area contributed by atoms with Gasteiger partial charge in [-0.25, -0.2) is 13.4 Å². The van der Waals surface area contributed by atoms with Crippen molar-refractivity contribution in [2.24, 2.45) is 4.99 Å². The van der Waals surface area contributed by atoms with Crippen LogP contribution in [0.1, 0.15) is 25.0 Å². The van der Waals surface area contributed by atoms with Crippen LogP contribution < -0.4 is 10.6 Å². The van der Waals surface area contributed by atoms with Crippen molar-refractivity contribution in [3.63, 3.8) is 0 Å². The molecule has 10 heteroatoms. The van der Waals surface area contributed by atoms with Crippen molar-refractivity contribution in [1.29, 1.82) is 0 Å². The summed E-state index contributed by atoms with van der Waals surface area (Å²) in [6.45, 7) is 4.43. The fraction of sp³-hybridized carbons (Fsp3) is 0.533. The summed E-state index contributed by atoms with van der Waals surface area (Å²) in [7, 11) is -3.07. The summed E-state index contributed by atoms with van der Waals surface area (Å²) in [4.78, 5) is 4.24. The quantitative estimate of drug-likeness (QED) is 0.348. The standard InChI is InChI=1S/C15H22F3N3O2S.HI/c1-3-19-14(20-9-10-24(22,23)4-2)21-11-12-5-7-13(8-6-12)15(16,17)18;/h5-8H,3-4,9-11H2,1-2H3,(H2,19,20,21);1H. The van der Waals surface area contributed by atoms with Crippen molar-refractivity contribution >= 4 is 39.8 Å². The summed E-state index contributed by atoms with van der Waals surface area (Å²) >= 11 is 0. The van der Waals surface area contributed by atoms with Crippen molar-refractivity contribution in [3.8, 4) is 0 Å². The summed E-state index contributed by atoms with van der Waals surface area (Å²) in [6.07, 6.45) is -4.36. The van der Waals surface area contributed by atoms with Gasteiger partial charge in [0, 0.05) is 18.8 Å². The molecule has 144 valence electrons. The molecular weight excluding hydrogens is 470 g/mol. The van der Waals surface area contributed by atoms with E-state index in [-0.39, 0.29) is 48.6 Å². The fourth-order valence-corrected chi connectivity index (χ4v) is 2.48. The Morgan fingerprint density at radius 3 is 2.20 bits per heavy atom. The highest BCUT2D eigenvalue weighted by Gasteiger charge is 2.29. The minimum atomic E-state index is -4.36. The van der Waals surface area contributed by atoms with E-state index in [1.807, 2.05) is 6.92 Å². The van der Waals surface area contributed by atoms with Gasteiger partial charge in [0.1, 0.15) is 0 Å². The lowest BCUT2D eigenvalue weighted by Gasteiger charge is -2.11. The van der Waals surface area contributed by atoms with Crippen molar-refractivity contribution in [2.75, 3.05) is 24.6 Å². The highest BCUT2D eigenvalue weighted by molar-refractivity contribution is 14.0. The maximum atomic E-state index is 12.5. The van der Waals surface area contributed by atoms with Crippen LogP contribution >= 0.6 is 24.0 Å². The Morgan fingerprint density at radius 2 is 1.72 bits per heavy atom.